The van der Waals surface area contributed by atoms with Crippen molar-refractivity contribution in [3.8, 4) is 0 Å². The highest BCUT2D eigenvalue weighted by Gasteiger charge is 2.12. The fourth-order valence-electron chi connectivity index (χ4n) is 0.786. The van der Waals surface area contributed by atoms with E-state index >= 15 is 0 Å². The molecule has 0 aliphatic carbocycles. The van der Waals surface area contributed by atoms with Crippen LogP contribution in [0, 0.1) is 5.21 Å². The lowest BCUT2D eigenvalue weighted by molar-refractivity contribution is -0.444. The molecule has 6 N–H and O–H groups in total. The minimum Gasteiger partial charge on any atom is -0.721 e. The topological polar surface area (TPSA) is 174 Å². The zero-order valence-electron chi connectivity index (χ0n) is 7.25. The van der Waals surface area contributed by atoms with Crippen LogP contribution < -0.4 is 11.5 Å². The van der Waals surface area contributed by atoms with Gasteiger partial charge in [0, 0.05) is 5.10 Å². The molecule has 0 unspecified atom stereocenters. The van der Waals surface area contributed by atoms with Gasteiger partial charge in [-0.2, -0.15) is 10.1 Å². The monoisotopic (exact) mass is 210 g/mol. The van der Waals surface area contributed by atoms with Crippen molar-refractivity contribution >= 4 is 23.8 Å². The second-order valence-electron chi connectivity index (χ2n) is 2.41. The van der Waals surface area contributed by atoms with Gasteiger partial charge in [0.25, 0.3) is 0 Å². The maximum atomic E-state index is 11.3. The quantitative estimate of drug-likeness (QED) is 0.279. The van der Waals surface area contributed by atoms with E-state index in [1.54, 1.807) is 0 Å². The number of nitrogens with zero attached hydrogens (tertiary/aromatic N) is 6. The van der Waals surface area contributed by atoms with Crippen molar-refractivity contribution in [2.24, 2.45) is 5.11 Å². The Bertz CT molecular complexity index is 495. The van der Waals surface area contributed by atoms with E-state index in [1.807, 2.05) is 0 Å². The molecule has 0 radical (unpaired) electrons. The Kier molecular flexibility index (Phi) is 1.89. The van der Waals surface area contributed by atoms with Crippen molar-refractivity contribution in [3.05, 3.63) is 5.21 Å². The Labute approximate surface area is 81.8 Å². The molecular weight excluding hydrogens is 204 g/mol. The Morgan fingerprint density at radius 3 is 2.33 bits per heavy atom. The van der Waals surface area contributed by atoms with Crippen molar-refractivity contribution in [1.29, 1.82) is 0 Å². The molecule has 0 spiro atoms. The lowest BCUT2D eigenvalue weighted by Gasteiger charge is -1.96. The van der Waals surface area contributed by atoms with Crippen molar-refractivity contribution in [2.75, 3.05) is 11.5 Å². The van der Waals surface area contributed by atoms with Gasteiger partial charge >= 0.3 is 17.8 Å². The average Bonchev–Trinajstić information content (AvgIpc) is 2.75. The summed E-state index contributed by atoms with van der Waals surface area (Å²) in [7, 11) is 0. The van der Waals surface area contributed by atoms with Crippen LogP contribution in [-0.2, 0) is 0 Å². The van der Waals surface area contributed by atoms with Crippen molar-refractivity contribution in [3.63, 3.8) is 0 Å². The van der Waals surface area contributed by atoms with Gasteiger partial charge in [-0.25, -0.2) is 5.10 Å². The average molecular weight is 210 g/mol. The highest BCUT2D eigenvalue weighted by Crippen LogP contribution is 2.09. The fourth-order valence-corrected chi connectivity index (χ4v) is 0.786. The number of hydrogen-bond donors (Lipinski definition) is 4. The summed E-state index contributed by atoms with van der Waals surface area (Å²) in [6.07, 6.45) is 0. The zero-order chi connectivity index (χ0) is 10.8. The third-order valence-electron chi connectivity index (χ3n) is 1.33. The van der Waals surface area contributed by atoms with Crippen LogP contribution in [0.2, 0.25) is 0 Å². The van der Waals surface area contributed by atoms with E-state index in [4.69, 9.17) is 11.5 Å². The lowest BCUT2D eigenvalue weighted by atomic mass is 11.0. The Morgan fingerprint density at radius 2 is 1.80 bits per heavy atom. The fraction of sp³-hybridized carbons (Fsp3) is 0. The van der Waals surface area contributed by atoms with Gasteiger partial charge < -0.3 is 16.7 Å². The Balaban J connectivity index is 2.27. The first kappa shape index (κ1) is 8.86. The number of nitrogen functional groups attached to an aromatic ring is 2. The maximum absolute atomic E-state index is 11.3. The Hall–Kier alpha value is -2.72. The van der Waals surface area contributed by atoms with Crippen LogP contribution in [0.15, 0.2) is 5.11 Å². The summed E-state index contributed by atoms with van der Waals surface area (Å²) < 4.78 is 0. The Morgan fingerprint density at radius 1 is 1.13 bits per heavy atom. The summed E-state index contributed by atoms with van der Waals surface area (Å²) in [4.78, 5) is 7.26. The molecule has 2 aromatic rings. The number of azo groups is 1. The summed E-state index contributed by atoms with van der Waals surface area (Å²) in [6.45, 7) is 0. The predicted octanol–water partition coefficient (Wildman–Crippen LogP) is -0.987. The van der Waals surface area contributed by atoms with E-state index in [2.05, 4.69) is 35.5 Å². The second-order valence-corrected chi connectivity index (χ2v) is 2.41. The number of nitrogens with two attached hydrogens (primary N) is 2. The third-order valence-corrected chi connectivity index (χ3v) is 1.33. The van der Waals surface area contributed by atoms with Gasteiger partial charge in [-0.05, 0) is 4.98 Å². The van der Waals surface area contributed by atoms with Crippen molar-refractivity contribution in [1.82, 2.24) is 30.4 Å². The molecule has 2 heterocycles. The highest BCUT2D eigenvalue weighted by molar-refractivity contribution is 5.23. The summed E-state index contributed by atoms with van der Waals surface area (Å²) in [6, 6.07) is 0. The van der Waals surface area contributed by atoms with Gasteiger partial charge in [0.1, 0.15) is 0 Å². The van der Waals surface area contributed by atoms with Crippen LogP contribution in [0.25, 0.3) is 0 Å². The number of anilines is 2. The highest BCUT2D eigenvalue weighted by atomic mass is 16.5. The molecule has 0 atom stereocenters. The van der Waals surface area contributed by atoms with E-state index in [1.165, 1.54) is 0 Å². The summed E-state index contributed by atoms with van der Waals surface area (Å²) in [5, 5.41) is 26.3. The summed E-state index contributed by atoms with van der Waals surface area (Å²) >= 11 is 0. The standard InChI is InChI=1S/C4H6N10O/c5-1-7-3(11-9-1)13-14(15)4-8-2(6)10-12-4/h(H3,5,7,9,11)(H3,6,8,10,12)/b14-13-. The molecule has 0 aliphatic rings. The van der Waals surface area contributed by atoms with Gasteiger partial charge in [0.15, 0.2) is 0 Å². The number of hydrogen-bond acceptors (Lipinski definition) is 8. The molecule has 11 nitrogen and oxygen atoms in total. The molecule has 78 valence electrons. The molecule has 0 bridgehead atoms. The lowest BCUT2D eigenvalue weighted by Crippen LogP contribution is -1.93. The van der Waals surface area contributed by atoms with E-state index in [0.717, 1.165) is 0 Å². The molecule has 0 fully saturated rings. The van der Waals surface area contributed by atoms with E-state index in [-0.39, 0.29) is 28.7 Å². The normalized spacial score (nSPS) is 11.9. The third kappa shape index (κ3) is 1.79. The van der Waals surface area contributed by atoms with Gasteiger partial charge in [-0.1, -0.05) is 5.11 Å². The SMILES string of the molecule is Nc1nc(/N=[N+](\[O-])c2n[nH]c(N)n2)n[nH]1. The number of H-pyrrole nitrogens is 2. The molecule has 2 aromatic heterocycles. The molecule has 0 saturated heterocycles. The van der Waals surface area contributed by atoms with Gasteiger partial charge in [-0.15, -0.1) is 9.96 Å². The largest absolute Gasteiger partial charge is 0.721 e. The van der Waals surface area contributed by atoms with Crippen LogP contribution in [0.1, 0.15) is 0 Å². The first-order valence-corrected chi connectivity index (χ1v) is 3.70. The molecule has 15 heavy (non-hydrogen) atoms. The van der Waals surface area contributed by atoms with Gasteiger partial charge in [-0.3, -0.25) is 0 Å². The smallest absolute Gasteiger partial charge is 0.477 e. The molecule has 0 aliphatic heterocycles. The summed E-state index contributed by atoms with van der Waals surface area (Å²) in [5.41, 5.74) is 10.5. The molecule has 0 amide bonds. The van der Waals surface area contributed by atoms with E-state index in [0.29, 0.717) is 0 Å². The molecule has 11 heteroatoms. The number of nitrogens with one attached hydrogen (secondary N) is 2. The first-order valence-electron chi connectivity index (χ1n) is 3.70. The van der Waals surface area contributed by atoms with Crippen LogP contribution in [-0.4, -0.2) is 35.2 Å². The molecule has 0 saturated carbocycles. The van der Waals surface area contributed by atoms with Gasteiger partial charge in [0.05, 0.1) is 0 Å². The predicted molar refractivity (Wildman–Crippen MR) is 47.0 cm³/mol. The van der Waals surface area contributed by atoms with Crippen molar-refractivity contribution in [2.45, 2.75) is 0 Å². The number of aromatic amines is 2. The first-order chi connectivity index (χ1) is 7.15. The molecule has 0 aromatic carbocycles. The van der Waals surface area contributed by atoms with Gasteiger partial charge in [0.2, 0.25) is 5.95 Å². The molecule has 2 rings (SSSR count). The van der Waals surface area contributed by atoms with E-state index in [9.17, 15) is 5.21 Å². The minimum absolute atomic E-state index is 0.00977. The maximum Gasteiger partial charge on any atom is 0.477 e. The minimum atomic E-state index is -0.240. The van der Waals surface area contributed by atoms with Crippen LogP contribution in [0.4, 0.5) is 23.8 Å². The second kappa shape index (κ2) is 3.21. The zero-order valence-corrected chi connectivity index (χ0v) is 7.25. The summed E-state index contributed by atoms with van der Waals surface area (Å²) in [5.74, 6) is -0.297. The van der Waals surface area contributed by atoms with E-state index < -0.39 is 0 Å². The molecular formula is C4H6N10O. The van der Waals surface area contributed by atoms with Crippen LogP contribution in [0.5, 0.6) is 0 Å². The van der Waals surface area contributed by atoms with Crippen molar-refractivity contribution < 1.29 is 4.86 Å². The van der Waals surface area contributed by atoms with Crippen LogP contribution >= 0.6 is 0 Å². The number of rotatable bonds is 2. The number of aromatic nitrogens is 6. The van der Waals surface area contributed by atoms with Crippen LogP contribution in [0.3, 0.4) is 0 Å².